The molecule has 0 bridgehead atoms. The fourth-order valence-corrected chi connectivity index (χ4v) is 4.90. The van der Waals surface area contributed by atoms with Crippen molar-refractivity contribution in [3.63, 3.8) is 0 Å². The maximum atomic E-state index is 12.4. The highest BCUT2D eigenvalue weighted by atomic mass is 32.2. The van der Waals surface area contributed by atoms with Gasteiger partial charge >= 0.3 is 0 Å². The Kier molecular flexibility index (Phi) is 6.00. The number of hydrogen-bond donors (Lipinski definition) is 1. The molecule has 1 aliphatic rings. The zero-order valence-corrected chi connectivity index (χ0v) is 17.4. The Labute approximate surface area is 164 Å². The van der Waals surface area contributed by atoms with Gasteiger partial charge in [-0.1, -0.05) is 0 Å². The minimum absolute atomic E-state index is 0.178. The van der Waals surface area contributed by atoms with Crippen LogP contribution in [0.1, 0.15) is 27.7 Å². The van der Waals surface area contributed by atoms with E-state index in [1.54, 1.807) is 12.1 Å². The van der Waals surface area contributed by atoms with Gasteiger partial charge in [0.2, 0.25) is 10.0 Å². The molecule has 8 heteroatoms. The molecule has 2 aromatic rings. The molecule has 1 atom stereocenters. The molecule has 0 spiro atoms. The van der Waals surface area contributed by atoms with Crippen LogP contribution in [0.3, 0.4) is 0 Å². The van der Waals surface area contributed by atoms with Gasteiger partial charge in [-0.15, -0.1) is 11.3 Å². The zero-order valence-electron chi connectivity index (χ0n) is 15.8. The molecule has 0 aliphatic carbocycles. The Hall–Kier alpha value is -1.74. The summed E-state index contributed by atoms with van der Waals surface area (Å²) in [6.07, 6.45) is 1.06. The smallest absolute Gasteiger partial charge is 0.251 e. The molecule has 1 amide bonds. The normalized spacial score (nSPS) is 16.1. The van der Waals surface area contributed by atoms with Crippen molar-refractivity contribution >= 4 is 27.3 Å². The highest BCUT2D eigenvalue weighted by Crippen LogP contribution is 2.25. The van der Waals surface area contributed by atoms with Crippen LogP contribution in [0.15, 0.2) is 40.6 Å². The van der Waals surface area contributed by atoms with Crippen molar-refractivity contribution < 1.29 is 13.2 Å². The lowest BCUT2D eigenvalue weighted by atomic mass is 10.1. The molecule has 3 rings (SSSR count). The van der Waals surface area contributed by atoms with Gasteiger partial charge in [0.05, 0.1) is 4.90 Å². The van der Waals surface area contributed by atoms with Gasteiger partial charge in [0.1, 0.15) is 0 Å². The third-order valence-electron chi connectivity index (χ3n) is 4.91. The molecule has 0 saturated heterocycles. The van der Waals surface area contributed by atoms with Gasteiger partial charge < -0.3 is 5.32 Å². The summed E-state index contributed by atoms with van der Waals surface area (Å²) in [5, 5.41) is 5.10. The number of hydrogen-bond acceptors (Lipinski definition) is 5. The standard InChI is InChI=1S/C19H25N3O3S2/c1-14(22-10-8-18-16(13-22)9-11-26-18)12-20-19(23)15-4-6-17(7-5-15)27(24,25)21(2)3/h4-7,9,11,14H,8,10,12-13H2,1-3H3,(H,20,23). The van der Waals surface area contributed by atoms with Crippen LogP contribution in [0, 0.1) is 0 Å². The third-order valence-corrected chi connectivity index (χ3v) is 7.77. The van der Waals surface area contributed by atoms with E-state index in [0.29, 0.717) is 12.1 Å². The van der Waals surface area contributed by atoms with E-state index in [1.807, 2.05) is 11.3 Å². The summed E-state index contributed by atoms with van der Waals surface area (Å²) >= 11 is 1.82. The summed E-state index contributed by atoms with van der Waals surface area (Å²) in [5.41, 5.74) is 1.85. The van der Waals surface area contributed by atoms with E-state index >= 15 is 0 Å². The van der Waals surface area contributed by atoms with Crippen LogP contribution in [0.25, 0.3) is 0 Å². The number of rotatable bonds is 6. The summed E-state index contributed by atoms with van der Waals surface area (Å²) in [6.45, 7) is 4.59. The number of carbonyl (C=O) groups is 1. The van der Waals surface area contributed by atoms with Crippen LogP contribution in [-0.2, 0) is 23.0 Å². The van der Waals surface area contributed by atoms with E-state index in [-0.39, 0.29) is 16.8 Å². The average molecular weight is 408 g/mol. The fraction of sp³-hybridized carbons (Fsp3) is 0.421. The van der Waals surface area contributed by atoms with E-state index in [9.17, 15) is 13.2 Å². The van der Waals surface area contributed by atoms with Gasteiger partial charge in [0.15, 0.2) is 0 Å². The van der Waals surface area contributed by atoms with Crippen molar-refractivity contribution in [1.29, 1.82) is 0 Å². The van der Waals surface area contributed by atoms with Crippen LogP contribution in [0.2, 0.25) is 0 Å². The van der Waals surface area contributed by atoms with Crippen molar-refractivity contribution in [2.75, 3.05) is 27.2 Å². The summed E-state index contributed by atoms with van der Waals surface area (Å²) in [4.78, 5) is 16.4. The third kappa shape index (κ3) is 4.40. The number of carbonyl (C=O) groups excluding carboxylic acids is 1. The second kappa shape index (κ2) is 8.10. The van der Waals surface area contributed by atoms with E-state index in [1.165, 1.54) is 36.7 Å². The van der Waals surface area contributed by atoms with Crippen molar-refractivity contribution in [3.8, 4) is 0 Å². The van der Waals surface area contributed by atoms with E-state index in [0.717, 1.165) is 23.8 Å². The highest BCUT2D eigenvalue weighted by Gasteiger charge is 2.22. The number of nitrogens with one attached hydrogen (secondary N) is 1. The fourth-order valence-electron chi connectivity index (χ4n) is 3.11. The quantitative estimate of drug-likeness (QED) is 0.797. The van der Waals surface area contributed by atoms with Crippen LogP contribution < -0.4 is 5.32 Å². The maximum absolute atomic E-state index is 12.4. The first-order valence-corrected chi connectivity index (χ1v) is 11.2. The molecule has 146 valence electrons. The predicted molar refractivity (Wildman–Crippen MR) is 108 cm³/mol. The van der Waals surface area contributed by atoms with Crippen LogP contribution in [0.5, 0.6) is 0 Å². The Bertz CT molecular complexity index is 905. The van der Waals surface area contributed by atoms with Gasteiger partial charge in [-0.3, -0.25) is 9.69 Å². The van der Waals surface area contributed by atoms with Gasteiger partial charge in [-0.05, 0) is 54.6 Å². The lowest BCUT2D eigenvalue weighted by Gasteiger charge is -2.32. The Morgan fingerprint density at radius 3 is 2.63 bits per heavy atom. The van der Waals surface area contributed by atoms with Crippen molar-refractivity contribution in [3.05, 3.63) is 51.7 Å². The first kappa shape index (κ1) is 20.0. The molecular formula is C19H25N3O3S2. The second-order valence-electron chi connectivity index (χ2n) is 6.96. The molecule has 27 heavy (non-hydrogen) atoms. The average Bonchev–Trinajstić information content (AvgIpc) is 3.13. The van der Waals surface area contributed by atoms with Gasteiger partial charge in [-0.25, -0.2) is 12.7 Å². The SMILES string of the molecule is CC(CNC(=O)c1ccc(S(=O)(=O)N(C)C)cc1)N1CCc2sccc2C1. The number of sulfonamides is 1. The molecular weight excluding hydrogens is 382 g/mol. The van der Waals surface area contributed by atoms with Crippen LogP contribution in [0.4, 0.5) is 0 Å². The minimum atomic E-state index is -3.48. The number of amides is 1. The summed E-state index contributed by atoms with van der Waals surface area (Å²) in [7, 11) is -0.517. The number of benzene rings is 1. The lowest BCUT2D eigenvalue weighted by Crippen LogP contribution is -2.44. The molecule has 0 radical (unpaired) electrons. The van der Waals surface area contributed by atoms with E-state index in [4.69, 9.17) is 0 Å². The Balaban J connectivity index is 1.56. The van der Waals surface area contributed by atoms with Crippen LogP contribution >= 0.6 is 11.3 Å². The number of nitrogens with zero attached hydrogens (tertiary/aromatic N) is 2. The van der Waals surface area contributed by atoms with Gasteiger partial charge in [0.25, 0.3) is 5.91 Å². The van der Waals surface area contributed by atoms with E-state index in [2.05, 4.69) is 28.6 Å². The molecule has 0 fully saturated rings. The van der Waals surface area contributed by atoms with Gasteiger partial charge in [0, 0.05) is 50.2 Å². The van der Waals surface area contributed by atoms with Crippen molar-refractivity contribution in [2.24, 2.45) is 0 Å². The molecule has 1 aliphatic heterocycles. The van der Waals surface area contributed by atoms with Crippen LogP contribution in [-0.4, -0.2) is 56.8 Å². The first-order valence-electron chi connectivity index (χ1n) is 8.89. The minimum Gasteiger partial charge on any atom is -0.350 e. The molecule has 0 saturated carbocycles. The summed E-state index contributed by atoms with van der Waals surface area (Å²) < 4.78 is 25.3. The first-order chi connectivity index (χ1) is 12.8. The van der Waals surface area contributed by atoms with E-state index < -0.39 is 10.0 Å². The molecule has 1 aromatic carbocycles. The number of thiophene rings is 1. The molecule has 2 heterocycles. The summed E-state index contributed by atoms with van der Waals surface area (Å²) in [6, 6.07) is 8.45. The summed E-state index contributed by atoms with van der Waals surface area (Å²) in [5.74, 6) is -0.191. The largest absolute Gasteiger partial charge is 0.350 e. The second-order valence-corrected chi connectivity index (χ2v) is 10.1. The van der Waals surface area contributed by atoms with Crippen molar-refractivity contribution in [1.82, 2.24) is 14.5 Å². The van der Waals surface area contributed by atoms with Crippen molar-refractivity contribution in [2.45, 2.75) is 30.8 Å². The maximum Gasteiger partial charge on any atom is 0.251 e. The molecule has 6 nitrogen and oxygen atoms in total. The zero-order chi connectivity index (χ0) is 19.6. The monoisotopic (exact) mass is 407 g/mol. The Morgan fingerprint density at radius 2 is 1.96 bits per heavy atom. The lowest BCUT2D eigenvalue weighted by molar-refractivity contribution is 0.0932. The highest BCUT2D eigenvalue weighted by molar-refractivity contribution is 7.89. The molecule has 1 aromatic heterocycles. The predicted octanol–water partition coefficient (Wildman–Crippen LogP) is 2.17. The van der Waals surface area contributed by atoms with Gasteiger partial charge in [-0.2, -0.15) is 0 Å². The molecule has 1 unspecified atom stereocenters. The molecule has 1 N–H and O–H groups in total. The Morgan fingerprint density at radius 1 is 1.26 bits per heavy atom. The number of fused-ring (bicyclic) bond motifs is 1. The topological polar surface area (TPSA) is 69.7 Å².